The number of unbranched alkanes of at least 4 members (excludes halogenated alkanes) is 3. The van der Waals surface area contributed by atoms with Crippen molar-refractivity contribution >= 4 is 0 Å². The van der Waals surface area contributed by atoms with Crippen LogP contribution in [0.25, 0.3) is 0 Å². The first-order valence-corrected chi connectivity index (χ1v) is 6.58. The van der Waals surface area contributed by atoms with E-state index in [1.165, 1.54) is 37.7 Å². The molecule has 0 radical (unpaired) electrons. The van der Waals surface area contributed by atoms with E-state index in [0.717, 1.165) is 18.8 Å². The van der Waals surface area contributed by atoms with E-state index < -0.39 is 0 Å². The largest absolute Gasteiger partial charge is 0.494 e. The molecule has 0 fully saturated rings. The van der Waals surface area contributed by atoms with Crippen molar-refractivity contribution in [2.45, 2.75) is 52.4 Å². The second kappa shape index (κ2) is 8.20. The third-order valence-electron chi connectivity index (χ3n) is 2.76. The fraction of sp³-hybridized carbons (Fsp3) is 0.600. The van der Waals surface area contributed by atoms with Crippen LogP contribution in [0.3, 0.4) is 0 Å². The van der Waals surface area contributed by atoms with E-state index >= 15 is 0 Å². The van der Waals surface area contributed by atoms with Crippen LogP contribution in [0.2, 0.25) is 0 Å². The van der Waals surface area contributed by atoms with Crippen LogP contribution in [0.1, 0.15) is 51.5 Å². The normalized spacial score (nSPS) is 10.4. The smallest absolute Gasteiger partial charge is 0.119 e. The molecule has 0 bridgehead atoms. The summed E-state index contributed by atoms with van der Waals surface area (Å²) in [5.41, 5.74) is 1.43. The molecule has 1 aromatic carbocycles. The Morgan fingerprint density at radius 3 is 2.19 bits per heavy atom. The van der Waals surface area contributed by atoms with Crippen molar-refractivity contribution in [3.8, 4) is 5.75 Å². The summed E-state index contributed by atoms with van der Waals surface area (Å²) in [6, 6.07) is 8.57. The molecule has 1 nitrogen and oxygen atoms in total. The van der Waals surface area contributed by atoms with Crippen LogP contribution in [0, 0.1) is 0 Å². The summed E-state index contributed by atoms with van der Waals surface area (Å²) in [5, 5.41) is 0. The molecule has 1 rings (SSSR count). The predicted molar refractivity (Wildman–Crippen MR) is 70.1 cm³/mol. The lowest BCUT2D eigenvalue weighted by Gasteiger charge is -2.06. The maximum absolute atomic E-state index is 5.63. The average molecular weight is 220 g/mol. The van der Waals surface area contributed by atoms with E-state index in [1.807, 2.05) is 0 Å². The third-order valence-corrected chi connectivity index (χ3v) is 2.76. The second-order valence-electron chi connectivity index (χ2n) is 4.30. The van der Waals surface area contributed by atoms with Gasteiger partial charge in [0.25, 0.3) is 0 Å². The van der Waals surface area contributed by atoms with Gasteiger partial charge in [0, 0.05) is 0 Å². The van der Waals surface area contributed by atoms with Crippen molar-refractivity contribution < 1.29 is 4.74 Å². The van der Waals surface area contributed by atoms with Crippen molar-refractivity contribution in [2.24, 2.45) is 0 Å². The van der Waals surface area contributed by atoms with Gasteiger partial charge in [-0.05, 0) is 37.0 Å². The fourth-order valence-corrected chi connectivity index (χ4v) is 1.67. The summed E-state index contributed by atoms with van der Waals surface area (Å²) in [6.45, 7) is 5.26. The molecule has 0 aliphatic heterocycles. The van der Waals surface area contributed by atoms with Crippen LogP contribution in [-0.2, 0) is 6.42 Å². The van der Waals surface area contributed by atoms with Gasteiger partial charge in [0.2, 0.25) is 0 Å². The summed E-state index contributed by atoms with van der Waals surface area (Å²) in [7, 11) is 0. The van der Waals surface area contributed by atoms with Gasteiger partial charge in [-0.2, -0.15) is 0 Å². The highest BCUT2D eigenvalue weighted by Gasteiger charge is 1.95. The Bertz CT molecular complexity index is 234. The molecule has 0 spiro atoms. The van der Waals surface area contributed by atoms with Crippen LogP contribution in [0.5, 0.6) is 5.75 Å². The molecule has 0 N–H and O–H groups in total. The zero-order chi connectivity index (χ0) is 11.6. The highest BCUT2D eigenvalue weighted by molar-refractivity contribution is 5.27. The monoisotopic (exact) mass is 220 g/mol. The fourth-order valence-electron chi connectivity index (χ4n) is 1.67. The molecule has 0 aromatic heterocycles. The first-order valence-electron chi connectivity index (χ1n) is 6.58. The summed E-state index contributed by atoms with van der Waals surface area (Å²) in [6.07, 6.45) is 7.44. The van der Waals surface area contributed by atoms with Gasteiger partial charge in [-0.3, -0.25) is 0 Å². The predicted octanol–water partition coefficient (Wildman–Crippen LogP) is 4.60. The quantitative estimate of drug-likeness (QED) is 0.582. The van der Waals surface area contributed by atoms with E-state index in [2.05, 4.69) is 38.1 Å². The van der Waals surface area contributed by atoms with E-state index in [1.54, 1.807) is 0 Å². The Morgan fingerprint density at radius 2 is 1.56 bits per heavy atom. The highest BCUT2D eigenvalue weighted by atomic mass is 16.5. The zero-order valence-corrected chi connectivity index (χ0v) is 10.7. The van der Waals surface area contributed by atoms with Gasteiger partial charge in [0.15, 0.2) is 0 Å². The molecular weight excluding hydrogens is 196 g/mol. The van der Waals surface area contributed by atoms with Crippen molar-refractivity contribution in [1.82, 2.24) is 0 Å². The average Bonchev–Trinajstić information content (AvgIpc) is 2.32. The van der Waals surface area contributed by atoms with E-state index in [0.29, 0.717) is 0 Å². The summed E-state index contributed by atoms with van der Waals surface area (Å²) >= 11 is 0. The number of ether oxygens (including phenoxy) is 1. The van der Waals surface area contributed by atoms with Crippen LogP contribution in [0.15, 0.2) is 24.3 Å². The van der Waals surface area contributed by atoms with Crippen LogP contribution >= 0.6 is 0 Å². The van der Waals surface area contributed by atoms with Crippen LogP contribution in [0.4, 0.5) is 0 Å². The number of benzene rings is 1. The molecule has 0 unspecified atom stereocenters. The first kappa shape index (κ1) is 13.1. The molecule has 90 valence electrons. The Morgan fingerprint density at radius 1 is 0.875 bits per heavy atom. The van der Waals surface area contributed by atoms with E-state index in [4.69, 9.17) is 4.74 Å². The lowest BCUT2D eigenvalue weighted by atomic mass is 10.1. The molecule has 0 saturated carbocycles. The van der Waals surface area contributed by atoms with Gasteiger partial charge in [-0.15, -0.1) is 0 Å². The minimum atomic E-state index is 0.839. The molecule has 1 aromatic rings. The molecule has 0 atom stereocenters. The van der Waals surface area contributed by atoms with Gasteiger partial charge < -0.3 is 4.74 Å². The Labute approximate surface area is 99.8 Å². The van der Waals surface area contributed by atoms with Crippen LogP contribution in [-0.4, -0.2) is 6.61 Å². The van der Waals surface area contributed by atoms with Crippen molar-refractivity contribution in [3.05, 3.63) is 29.8 Å². The minimum absolute atomic E-state index is 0.839. The summed E-state index contributed by atoms with van der Waals surface area (Å²) in [4.78, 5) is 0. The van der Waals surface area contributed by atoms with Gasteiger partial charge in [0.1, 0.15) is 5.75 Å². The minimum Gasteiger partial charge on any atom is -0.494 e. The molecule has 1 heteroatoms. The Balaban J connectivity index is 2.30. The maximum Gasteiger partial charge on any atom is 0.119 e. The van der Waals surface area contributed by atoms with Gasteiger partial charge in [-0.1, -0.05) is 45.2 Å². The topological polar surface area (TPSA) is 9.23 Å². The Kier molecular flexibility index (Phi) is 6.71. The lowest BCUT2D eigenvalue weighted by molar-refractivity contribution is 0.309. The standard InChI is InChI=1S/C15H24O/c1-3-5-7-8-14-9-11-15(12-10-14)16-13-6-4-2/h9-12H,3-8,13H2,1-2H3. The molecular formula is C15H24O. The second-order valence-corrected chi connectivity index (χ2v) is 4.30. The van der Waals surface area contributed by atoms with Crippen molar-refractivity contribution in [3.63, 3.8) is 0 Å². The third kappa shape index (κ3) is 5.20. The molecule has 0 saturated heterocycles. The highest BCUT2D eigenvalue weighted by Crippen LogP contribution is 2.14. The lowest BCUT2D eigenvalue weighted by Crippen LogP contribution is -1.96. The molecule has 0 aliphatic carbocycles. The van der Waals surface area contributed by atoms with E-state index in [9.17, 15) is 0 Å². The maximum atomic E-state index is 5.63. The summed E-state index contributed by atoms with van der Waals surface area (Å²) < 4.78 is 5.63. The molecule has 16 heavy (non-hydrogen) atoms. The number of aryl methyl sites for hydroxylation is 1. The van der Waals surface area contributed by atoms with Crippen LogP contribution < -0.4 is 4.74 Å². The summed E-state index contributed by atoms with van der Waals surface area (Å²) in [5.74, 6) is 1.01. The number of hydrogen-bond acceptors (Lipinski definition) is 1. The molecule has 0 heterocycles. The number of rotatable bonds is 8. The van der Waals surface area contributed by atoms with Crippen molar-refractivity contribution in [2.75, 3.05) is 6.61 Å². The SMILES string of the molecule is CCCCCc1ccc(OCCCC)cc1. The number of hydrogen-bond donors (Lipinski definition) is 0. The zero-order valence-electron chi connectivity index (χ0n) is 10.7. The molecule has 0 amide bonds. The van der Waals surface area contributed by atoms with Gasteiger partial charge in [-0.25, -0.2) is 0 Å². The molecule has 0 aliphatic rings. The van der Waals surface area contributed by atoms with Gasteiger partial charge in [0.05, 0.1) is 6.61 Å². The van der Waals surface area contributed by atoms with Gasteiger partial charge >= 0.3 is 0 Å². The van der Waals surface area contributed by atoms with E-state index in [-0.39, 0.29) is 0 Å². The first-order chi connectivity index (χ1) is 7.86. The van der Waals surface area contributed by atoms with Crippen molar-refractivity contribution in [1.29, 1.82) is 0 Å². The Hall–Kier alpha value is -0.980.